The normalized spacial score (nSPS) is 13.9. The Labute approximate surface area is 73.8 Å². The molecule has 0 aromatic heterocycles. The van der Waals surface area contributed by atoms with Crippen molar-refractivity contribution in [2.45, 2.75) is 20.3 Å². The average molecular weight is 167 g/mol. The van der Waals surface area contributed by atoms with Gasteiger partial charge < -0.3 is 11.2 Å². The first-order valence-electron chi connectivity index (χ1n) is 4.00. The molecule has 0 fully saturated rings. The van der Waals surface area contributed by atoms with Crippen LogP contribution in [0.4, 0.5) is 0 Å². The molecule has 0 aromatic rings. The molecule has 5 N–H and O–H groups in total. The average Bonchev–Trinajstić information content (AvgIpc) is 2.06. The molecule has 0 spiro atoms. The molecule has 0 heterocycles. The summed E-state index contributed by atoms with van der Waals surface area (Å²) in [7, 11) is 0. The van der Waals surface area contributed by atoms with Gasteiger partial charge in [-0.25, -0.2) is 0 Å². The van der Waals surface area contributed by atoms with E-state index in [1.54, 1.807) is 6.20 Å². The van der Waals surface area contributed by atoms with Gasteiger partial charge in [-0.05, 0) is 18.9 Å². The summed E-state index contributed by atoms with van der Waals surface area (Å²) in [4.78, 5) is 0. The molecule has 0 saturated carbocycles. The van der Waals surface area contributed by atoms with Crippen LogP contribution in [0.25, 0.3) is 0 Å². The summed E-state index contributed by atoms with van der Waals surface area (Å²) in [5.74, 6) is 5.10. The van der Waals surface area contributed by atoms with Crippen LogP contribution in [0.15, 0.2) is 35.7 Å². The van der Waals surface area contributed by atoms with Crippen LogP contribution in [0.2, 0.25) is 0 Å². The summed E-state index contributed by atoms with van der Waals surface area (Å²) < 4.78 is 0. The zero-order valence-corrected chi connectivity index (χ0v) is 7.67. The van der Waals surface area contributed by atoms with Crippen molar-refractivity contribution in [1.29, 1.82) is 0 Å². The van der Waals surface area contributed by atoms with Crippen LogP contribution in [-0.2, 0) is 0 Å². The third-order valence-corrected chi connectivity index (χ3v) is 1.48. The lowest BCUT2D eigenvalue weighted by Gasteiger charge is -2.03. The molecule has 68 valence electrons. The summed E-state index contributed by atoms with van der Waals surface area (Å²) in [5, 5.41) is 0. The van der Waals surface area contributed by atoms with Crippen LogP contribution in [0, 0.1) is 0 Å². The molecular formula is C9H17N3. The zero-order chi connectivity index (χ0) is 9.40. The van der Waals surface area contributed by atoms with Gasteiger partial charge in [0.2, 0.25) is 0 Å². The SMILES string of the molecule is C\C=C/C=C(CC)/C(N)=C/NN. The van der Waals surface area contributed by atoms with Crippen molar-refractivity contribution >= 4 is 0 Å². The Hall–Kier alpha value is -1.22. The van der Waals surface area contributed by atoms with E-state index in [0.29, 0.717) is 5.70 Å². The molecule has 3 nitrogen and oxygen atoms in total. The van der Waals surface area contributed by atoms with E-state index in [1.165, 1.54) is 0 Å². The maximum Gasteiger partial charge on any atom is 0.0520 e. The maximum absolute atomic E-state index is 5.70. The molecule has 0 saturated heterocycles. The molecule has 0 radical (unpaired) electrons. The fraction of sp³-hybridized carbons (Fsp3) is 0.333. The van der Waals surface area contributed by atoms with Crippen LogP contribution < -0.4 is 17.0 Å². The Morgan fingerprint density at radius 2 is 2.17 bits per heavy atom. The van der Waals surface area contributed by atoms with E-state index in [-0.39, 0.29) is 0 Å². The van der Waals surface area contributed by atoms with E-state index in [2.05, 4.69) is 5.43 Å². The molecule has 0 atom stereocenters. The maximum atomic E-state index is 5.70. The van der Waals surface area contributed by atoms with Gasteiger partial charge in [0.1, 0.15) is 0 Å². The van der Waals surface area contributed by atoms with Crippen LogP contribution in [0.3, 0.4) is 0 Å². The predicted octanol–water partition coefficient (Wildman–Crippen LogP) is 1.16. The molecule has 0 unspecified atom stereocenters. The minimum atomic E-state index is 0.679. The van der Waals surface area contributed by atoms with Crippen molar-refractivity contribution in [1.82, 2.24) is 5.43 Å². The number of rotatable bonds is 4. The van der Waals surface area contributed by atoms with Crippen molar-refractivity contribution in [3.63, 3.8) is 0 Å². The third kappa shape index (κ3) is 3.83. The molecule has 0 aliphatic rings. The van der Waals surface area contributed by atoms with Crippen LogP contribution >= 0.6 is 0 Å². The van der Waals surface area contributed by atoms with Crippen molar-refractivity contribution in [2.75, 3.05) is 0 Å². The Morgan fingerprint density at radius 1 is 1.50 bits per heavy atom. The smallest absolute Gasteiger partial charge is 0.0520 e. The summed E-state index contributed by atoms with van der Waals surface area (Å²) in [6.07, 6.45) is 8.37. The molecule has 12 heavy (non-hydrogen) atoms. The quantitative estimate of drug-likeness (QED) is 0.334. The van der Waals surface area contributed by atoms with E-state index in [9.17, 15) is 0 Å². The van der Waals surface area contributed by atoms with E-state index in [1.807, 2.05) is 32.1 Å². The molecular weight excluding hydrogens is 150 g/mol. The molecule has 0 aromatic carbocycles. The Bertz CT molecular complexity index is 202. The molecule has 3 heteroatoms. The Balaban J connectivity index is 4.43. The second-order valence-corrected chi connectivity index (χ2v) is 2.34. The first-order valence-corrected chi connectivity index (χ1v) is 4.00. The van der Waals surface area contributed by atoms with Crippen LogP contribution in [0.5, 0.6) is 0 Å². The van der Waals surface area contributed by atoms with E-state index in [4.69, 9.17) is 11.6 Å². The molecule has 0 aliphatic carbocycles. The lowest BCUT2D eigenvalue weighted by atomic mass is 10.1. The summed E-state index contributed by atoms with van der Waals surface area (Å²) in [5.41, 5.74) is 9.86. The minimum absolute atomic E-state index is 0.679. The summed E-state index contributed by atoms with van der Waals surface area (Å²) in [6, 6.07) is 0. The first-order chi connectivity index (χ1) is 5.76. The van der Waals surface area contributed by atoms with E-state index in [0.717, 1.165) is 12.0 Å². The second kappa shape index (κ2) is 6.49. The molecule has 0 aliphatic heterocycles. The highest BCUT2D eigenvalue weighted by Crippen LogP contribution is 2.07. The lowest BCUT2D eigenvalue weighted by molar-refractivity contribution is 0.939. The number of nitrogens with one attached hydrogen (secondary N) is 1. The van der Waals surface area contributed by atoms with Crippen LogP contribution in [-0.4, -0.2) is 0 Å². The second-order valence-electron chi connectivity index (χ2n) is 2.34. The molecule has 0 amide bonds. The fourth-order valence-electron chi connectivity index (χ4n) is 0.813. The molecule has 0 bridgehead atoms. The number of hydrogen-bond donors (Lipinski definition) is 3. The predicted molar refractivity (Wildman–Crippen MR) is 52.8 cm³/mol. The van der Waals surface area contributed by atoms with Crippen LogP contribution in [0.1, 0.15) is 20.3 Å². The monoisotopic (exact) mass is 167 g/mol. The van der Waals surface area contributed by atoms with Gasteiger partial charge in [-0.2, -0.15) is 0 Å². The van der Waals surface area contributed by atoms with Crippen molar-refractivity contribution in [3.05, 3.63) is 35.7 Å². The topological polar surface area (TPSA) is 64.1 Å². The van der Waals surface area contributed by atoms with Crippen molar-refractivity contribution in [3.8, 4) is 0 Å². The lowest BCUT2D eigenvalue weighted by Crippen LogP contribution is -2.17. The van der Waals surface area contributed by atoms with Gasteiger partial charge in [0.15, 0.2) is 0 Å². The largest absolute Gasteiger partial charge is 0.397 e. The number of hydrogen-bond acceptors (Lipinski definition) is 3. The third-order valence-electron chi connectivity index (χ3n) is 1.48. The fourth-order valence-corrected chi connectivity index (χ4v) is 0.813. The number of hydrazine groups is 1. The van der Waals surface area contributed by atoms with E-state index < -0.39 is 0 Å². The van der Waals surface area contributed by atoms with E-state index >= 15 is 0 Å². The Kier molecular flexibility index (Phi) is 5.83. The van der Waals surface area contributed by atoms with Gasteiger partial charge in [0, 0.05) is 6.20 Å². The van der Waals surface area contributed by atoms with Gasteiger partial charge in [0.25, 0.3) is 0 Å². The minimum Gasteiger partial charge on any atom is -0.397 e. The van der Waals surface area contributed by atoms with Gasteiger partial charge in [-0.1, -0.05) is 25.2 Å². The van der Waals surface area contributed by atoms with Crippen molar-refractivity contribution in [2.24, 2.45) is 11.6 Å². The summed E-state index contributed by atoms with van der Waals surface area (Å²) >= 11 is 0. The highest BCUT2D eigenvalue weighted by molar-refractivity contribution is 5.30. The number of nitrogens with two attached hydrogens (primary N) is 2. The van der Waals surface area contributed by atoms with Crippen molar-refractivity contribution < 1.29 is 0 Å². The van der Waals surface area contributed by atoms with Gasteiger partial charge in [-0.3, -0.25) is 5.84 Å². The number of allylic oxidation sites excluding steroid dienone is 4. The van der Waals surface area contributed by atoms with Gasteiger partial charge in [0.05, 0.1) is 5.70 Å². The summed E-state index contributed by atoms with van der Waals surface area (Å²) in [6.45, 7) is 4.01. The Morgan fingerprint density at radius 3 is 2.58 bits per heavy atom. The molecule has 0 rings (SSSR count). The first kappa shape index (κ1) is 10.8. The zero-order valence-electron chi connectivity index (χ0n) is 7.67. The standard InChI is InChI=1S/C9H17N3/c1-3-5-6-8(4-2)9(10)7-12-11/h3,5-7,12H,4,10-11H2,1-2H3/b5-3-,8-6+,9-7-. The highest BCUT2D eigenvalue weighted by atomic mass is 15.2. The van der Waals surface area contributed by atoms with Gasteiger partial charge >= 0.3 is 0 Å². The van der Waals surface area contributed by atoms with Gasteiger partial charge in [-0.15, -0.1) is 0 Å². The highest BCUT2D eigenvalue weighted by Gasteiger charge is 1.94.